The lowest BCUT2D eigenvalue weighted by Crippen LogP contribution is -2.25. The number of nitrogens with one attached hydrogen (secondary N) is 2. The first-order valence-electron chi connectivity index (χ1n) is 6.71. The van der Waals surface area contributed by atoms with Crippen molar-refractivity contribution in [2.24, 2.45) is 0 Å². The summed E-state index contributed by atoms with van der Waals surface area (Å²) < 4.78 is 6.16. The smallest absolute Gasteiger partial charge is 0.262 e. The van der Waals surface area contributed by atoms with Gasteiger partial charge < -0.3 is 15.4 Å². The van der Waals surface area contributed by atoms with E-state index < -0.39 is 0 Å². The molecule has 0 spiro atoms. The summed E-state index contributed by atoms with van der Waals surface area (Å²) in [4.78, 5) is 12.6. The highest BCUT2D eigenvalue weighted by atomic mass is 35.5. The second-order valence-electron chi connectivity index (χ2n) is 4.80. The van der Waals surface area contributed by atoms with Crippen molar-refractivity contribution in [2.75, 3.05) is 18.5 Å². The van der Waals surface area contributed by atoms with Crippen LogP contribution >= 0.6 is 22.9 Å². The summed E-state index contributed by atoms with van der Waals surface area (Å²) in [5.74, 6) is 0.619. The third-order valence-electron chi connectivity index (χ3n) is 3.18. The van der Waals surface area contributed by atoms with Crippen molar-refractivity contribution < 1.29 is 9.53 Å². The highest BCUT2D eigenvalue weighted by Crippen LogP contribution is 2.28. The third-order valence-corrected chi connectivity index (χ3v) is 4.47. The molecule has 21 heavy (non-hydrogen) atoms. The molecule has 0 bridgehead atoms. The minimum Gasteiger partial charge on any atom is -0.482 e. The van der Waals surface area contributed by atoms with Gasteiger partial charge in [-0.1, -0.05) is 17.7 Å². The number of anilines is 1. The first kappa shape index (κ1) is 14.4. The molecule has 0 aliphatic carbocycles. The van der Waals surface area contributed by atoms with Gasteiger partial charge in [0, 0.05) is 18.0 Å². The van der Waals surface area contributed by atoms with Crippen LogP contribution in [0, 0.1) is 0 Å². The van der Waals surface area contributed by atoms with Crippen LogP contribution in [0.1, 0.15) is 10.4 Å². The van der Waals surface area contributed by atoms with Crippen LogP contribution in [0.25, 0.3) is 0 Å². The number of hydrogen-bond acceptors (Lipinski definition) is 4. The molecule has 1 aromatic carbocycles. The van der Waals surface area contributed by atoms with Gasteiger partial charge in [0.2, 0.25) is 0 Å². The van der Waals surface area contributed by atoms with Crippen LogP contribution in [0.4, 0.5) is 5.69 Å². The molecule has 2 N–H and O–H groups in total. The molecule has 3 rings (SSSR count). The Labute approximate surface area is 132 Å². The molecule has 0 fully saturated rings. The molecule has 1 amide bonds. The molecule has 0 unspecified atom stereocenters. The van der Waals surface area contributed by atoms with E-state index in [2.05, 4.69) is 16.7 Å². The predicted octanol–water partition coefficient (Wildman–Crippen LogP) is 3.06. The lowest BCUT2D eigenvalue weighted by molar-refractivity contribution is -0.118. The Morgan fingerprint density at radius 3 is 3.05 bits per heavy atom. The van der Waals surface area contributed by atoms with E-state index in [-0.39, 0.29) is 12.5 Å². The van der Waals surface area contributed by atoms with Gasteiger partial charge in [0.1, 0.15) is 5.75 Å². The maximum Gasteiger partial charge on any atom is 0.262 e. The van der Waals surface area contributed by atoms with Gasteiger partial charge in [0.05, 0.1) is 10.0 Å². The van der Waals surface area contributed by atoms with E-state index in [9.17, 15) is 4.79 Å². The number of fused-ring (bicyclic) bond motifs is 1. The second-order valence-corrected chi connectivity index (χ2v) is 6.60. The molecule has 110 valence electrons. The Hall–Kier alpha value is -1.56. The topological polar surface area (TPSA) is 50.4 Å². The number of rotatable bonds is 5. The quantitative estimate of drug-likeness (QED) is 0.832. The largest absolute Gasteiger partial charge is 0.482 e. The number of thiophene rings is 1. The molecule has 1 aliphatic rings. The number of amides is 1. The molecule has 6 heteroatoms. The molecular weight excluding hydrogens is 308 g/mol. The van der Waals surface area contributed by atoms with E-state index in [0.29, 0.717) is 0 Å². The van der Waals surface area contributed by atoms with Gasteiger partial charge in [0.15, 0.2) is 6.61 Å². The van der Waals surface area contributed by atoms with Gasteiger partial charge in [-0.25, -0.2) is 0 Å². The third kappa shape index (κ3) is 3.75. The van der Waals surface area contributed by atoms with Gasteiger partial charge in [-0.15, -0.1) is 11.3 Å². The minimum atomic E-state index is -0.109. The van der Waals surface area contributed by atoms with Crippen molar-refractivity contribution in [3.63, 3.8) is 0 Å². The molecule has 2 heterocycles. The van der Waals surface area contributed by atoms with Gasteiger partial charge in [-0.3, -0.25) is 4.79 Å². The zero-order valence-electron chi connectivity index (χ0n) is 11.3. The van der Waals surface area contributed by atoms with Crippen LogP contribution in [0.2, 0.25) is 4.34 Å². The lowest BCUT2D eigenvalue weighted by atomic mass is 10.1. The predicted molar refractivity (Wildman–Crippen MR) is 85.3 cm³/mol. The van der Waals surface area contributed by atoms with Crippen LogP contribution in [-0.2, 0) is 17.8 Å². The summed E-state index contributed by atoms with van der Waals surface area (Å²) in [6.45, 7) is 1.73. The van der Waals surface area contributed by atoms with Gasteiger partial charge in [-0.2, -0.15) is 0 Å². The molecule has 0 saturated heterocycles. The van der Waals surface area contributed by atoms with E-state index in [4.69, 9.17) is 16.3 Å². The van der Waals surface area contributed by atoms with Crippen molar-refractivity contribution in [1.82, 2.24) is 5.32 Å². The Morgan fingerprint density at radius 2 is 2.24 bits per heavy atom. The van der Waals surface area contributed by atoms with E-state index in [1.54, 1.807) is 11.3 Å². The Balaban J connectivity index is 1.51. The minimum absolute atomic E-state index is 0.0912. The lowest BCUT2D eigenvalue weighted by Gasteiger charge is -2.18. The Bertz CT molecular complexity index is 657. The Morgan fingerprint density at radius 1 is 1.33 bits per heavy atom. The average Bonchev–Trinajstić information content (AvgIpc) is 2.89. The highest BCUT2D eigenvalue weighted by Gasteiger charge is 2.15. The summed E-state index contributed by atoms with van der Waals surface area (Å²) in [7, 11) is 0. The highest BCUT2D eigenvalue weighted by molar-refractivity contribution is 7.16. The van der Waals surface area contributed by atoms with Crippen LogP contribution in [0.3, 0.4) is 0 Å². The maximum absolute atomic E-state index is 11.3. The van der Waals surface area contributed by atoms with E-state index >= 15 is 0 Å². The number of carbonyl (C=O) groups is 1. The fraction of sp³-hybridized carbons (Fsp3) is 0.267. The zero-order chi connectivity index (χ0) is 14.7. The molecule has 0 radical (unpaired) electrons. The van der Waals surface area contributed by atoms with Crippen molar-refractivity contribution >= 4 is 34.5 Å². The van der Waals surface area contributed by atoms with E-state index in [1.807, 2.05) is 24.3 Å². The van der Waals surface area contributed by atoms with Crippen molar-refractivity contribution in [3.8, 4) is 5.75 Å². The molecule has 0 saturated carbocycles. The van der Waals surface area contributed by atoms with E-state index in [0.717, 1.165) is 40.8 Å². The van der Waals surface area contributed by atoms with Crippen molar-refractivity contribution in [2.45, 2.75) is 13.0 Å². The van der Waals surface area contributed by atoms with Crippen molar-refractivity contribution in [3.05, 3.63) is 45.1 Å². The van der Waals surface area contributed by atoms with Crippen molar-refractivity contribution in [1.29, 1.82) is 0 Å². The second kappa shape index (κ2) is 6.47. The van der Waals surface area contributed by atoms with Gasteiger partial charge in [-0.05, 0) is 36.2 Å². The molecule has 1 aromatic heterocycles. The number of ether oxygens (including phenoxy) is 1. The number of carbonyl (C=O) groups excluding carboxylic acids is 1. The first-order chi connectivity index (χ1) is 10.2. The SMILES string of the molecule is O=C1COc2ccc(CNCCc3ccc(Cl)s3)cc2N1. The normalized spacial score (nSPS) is 13.5. The van der Waals surface area contributed by atoms with Gasteiger partial charge >= 0.3 is 0 Å². The summed E-state index contributed by atoms with van der Waals surface area (Å²) in [6.07, 6.45) is 0.960. The Kier molecular flexibility index (Phi) is 4.43. The molecular formula is C15H15ClN2O2S. The molecule has 2 aromatic rings. The van der Waals surface area contributed by atoms with Crippen LogP contribution in [-0.4, -0.2) is 19.1 Å². The van der Waals surface area contributed by atoms with Crippen LogP contribution in [0.5, 0.6) is 5.75 Å². The number of halogens is 1. The number of hydrogen-bond donors (Lipinski definition) is 2. The van der Waals surface area contributed by atoms with E-state index in [1.165, 1.54) is 4.88 Å². The summed E-state index contributed by atoms with van der Waals surface area (Å²) in [5.41, 5.74) is 1.86. The summed E-state index contributed by atoms with van der Waals surface area (Å²) in [5, 5.41) is 6.20. The molecule has 1 aliphatic heterocycles. The molecule has 4 nitrogen and oxygen atoms in total. The number of benzene rings is 1. The fourth-order valence-corrected chi connectivity index (χ4v) is 3.26. The summed E-state index contributed by atoms with van der Waals surface area (Å²) in [6, 6.07) is 9.83. The first-order valence-corrected chi connectivity index (χ1v) is 7.91. The van der Waals surface area contributed by atoms with Crippen LogP contribution < -0.4 is 15.4 Å². The van der Waals surface area contributed by atoms with Gasteiger partial charge in [0.25, 0.3) is 5.91 Å². The maximum atomic E-state index is 11.3. The van der Waals surface area contributed by atoms with Crippen LogP contribution in [0.15, 0.2) is 30.3 Å². The standard InChI is InChI=1S/C15H15ClN2O2S/c16-14-4-2-11(21-14)5-6-17-8-10-1-3-13-12(7-10)18-15(19)9-20-13/h1-4,7,17H,5-6,8-9H2,(H,18,19). The average molecular weight is 323 g/mol. The summed E-state index contributed by atoms with van der Waals surface area (Å²) >= 11 is 7.51. The molecule has 0 atom stereocenters. The monoisotopic (exact) mass is 322 g/mol. The zero-order valence-corrected chi connectivity index (χ0v) is 12.9. The fourth-order valence-electron chi connectivity index (χ4n) is 2.17.